The summed E-state index contributed by atoms with van der Waals surface area (Å²) in [5.74, 6) is 0.934. The average Bonchev–Trinajstić information content (AvgIpc) is 3.18. The Balaban J connectivity index is 1.49. The van der Waals surface area contributed by atoms with E-state index in [1.807, 2.05) is 75.1 Å². The molecular weight excluding hydrogens is 575 g/mol. The molecule has 3 heterocycles. The summed E-state index contributed by atoms with van der Waals surface area (Å²) in [4.78, 5) is 31.5. The van der Waals surface area contributed by atoms with Crippen LogP contribution in [0.25, 0.3) is 10.8 Å². The third-order valence-corrected chi connectivity index (χ3v) is 10.4. The van der Waals surface area contributed by atoms with Gasteiger partial charge >= 0.3 is 7.12 Å². The molecule has 44 heavy (non-hydrogen) atoms. The molecule has 1 aromatic heterocycles. The highest BCUT2D eigenvalue weighted by atomic mass is 32.3. The van der Waals surface area contributed by atoms with E-state index in [4.69, 9.17) is 19.1 Å². The van der Waals surface area contributed by atoms with Gasteiger partial charge in [0, 0.05) is 49.3 Å². The van der Waals surface area contributed by atoms with E-state index in [1.165, 1.54) is 4.68 Å². The van der Waals surface area contributed by atoms with Crippen molar-refractivity contribution in [1.82, 2.24) is 19.6 Å². The Morgan fingerprint density at radius 3 is 2.25 bits per heavy atom. The Hall–Kier alpha value is -2.70. The third-order valence-electron chi connectivity index (χ3n) is 9.02. The van der Waals surface area contributed by atoms with E-state index in [2.05, 4.69) is 30.7 Å². The van der Waals surface area contributed by atoms with E-state index in [-0.39, 0.29) is 18.2 Å². The fourth-order valence-electron chi connectivity index (χ4n) is 5.43. The predicted molar refractivity (Wildman–Crippen MR) is 181 cm³/mol. The van der Waals surface area contributed by atoms with Gasteiger partial charge in [0.15, 0.2) is 0 Å². The number of ether oxygens (including phenoxy) is 1. The lowest BCUT2D eigenvalue weighted by atomic mass is 9.75. The standard InChI is InChI=1S/C33H47BN4O5S/c1-32(2)33(3,4)43-34(42-32)28-14-13-24(21-27(28)30(39)37-17-15-36(5)16-18-37)22-29-25-11-9-10-12-26(25)31(40)38(35-29)23-41-19-20-44(6,7)8/h9-14,21H,15-20,22-23H2,1-8H3. The number of hydrogen-bond acceptors (Lipinski definition) is 7. The van der Waals surface area contributed by atoms with Crippen LogP contribution in [-0.4, -0.2) is 108 Å². The summed E-state index contributed by atoms with van der Waals surface area (Å²) in [6.45, 7) is 11.7. The number of carbonyl (C=O) groups excluding carboxylic acids is 1. The number of nitrogens with zero attached hydrogens (tertiary/aromatic N) is 4. The quantitative estimate of drug-likeness (QED) is 0.267. The Labute approximate surface area is 263 Å². The highest BCUT2D eigenvalue weighted by molar-refractivity contribution is 8.32. The minimum absolute atomic E-state index is 0.0261. The first kappa shape index (κ1) is 32.7. The fourth-order valence-corrected chi connectivity index (χ4v) is 6.05. The van der Waals surface area contributed by atoms with E-state index >= 15 is 0 Å². The maximum Gasteiger partial charge on any atom is 0.495 e. The van der Waals surface area contributed by atoms with Crippen molar-refractivity contribution in [2.24, 2.45) is 0 Å². The molecule has 11 heteroatoms. The Morgan fingerprint density at radius 1 is 0.977 bits per heavy atom. The lowest BCUT2D eigenvalue weighted by Gasteiger charge is -2.33. The number of hydrogen-bond donors (Lipinski definition) is 0. The Morgan fingerprint density at radius 2 is 1.61 bits per heavy atom. The molecule has 3 aromatic rings. The largest absolute Gasteiger partial charge is 0.495 e. The summed E-state index contributed by atoms with van der Waals surface area (Å²) in [6.07, 6.45) is 7.18. The fraction of sp³-hybridized carbons (Fsp3) is 0.545. The zero-order valence-corrected chi connectivity index (χ0v) is 28.3. The van der Waals surface area contributed by atoms with Crippen LogP contribution < -0.4 is 11.0 Å². The Kier molecular flexibility index (Phi) is 9.36. The number of fused-ring (bicyclic) bond motifs is 1. The van der Waals surface area contributed by atoms with Gasteiger partial charge in [-0.2, -0.15) is 5.10 Å². The van der Waals surface area contributed by atoms with E-state index in [9.17, 15) is 9.59 Å². The molecule has 0 bridgehead atoms. The van der Waals surface area contributed by atoms with Gasteiger partial charge in [-0.1, -0.05) is 30.3 Å². The van der Waals surface area contributed by atoms with Crippen LogP contribution in [0.5, 0.6) is 0 Å². The molecule has 0 radical (unpaired) electrons. The molecule has 0 unspecified atom stereocenters. The van der Waals surface area contributed by atoms with Crippen LogP contribution in [0.2, 0.25) is 0 Å². The second-order valence-electron chi connectivity index (χ2n) is 13.9. The SMILES string of the molecule is CN1CCN(C(=O)c2cc(Cc3nn(COCCS(C)(C)C)c(=O)c4ccccc34)ccc2B2OC(C)(C)C(C)(C)O2)CC1. The highest BCUT2D eigenvalue weighted by Crippen LogP contribution is 2.37. The molecule has 2 saturated heterocycles. The molecule has 0 spiro atoms. The molecule has 2 fully saturated rings. The van der Waals surface area contributed by atoms with Crippen molar-refractivity contribution in [3.05, 3.63) is 69.6 Å². The average molecular weight is 623 g/mol. The minimum Gasteiger partial charge on any atom is -0.399 e. The molecule has 0 N–H and O–H groups in total. The molecule has 2 aliphatic heterocycles. The van der Waals surface area contributed by atoms with Crippen molar-refractivity contribution in [2.45, 2.75) is 52.0 Å². The van der Waals surface area contributed by atoms with Gasteiger partial charge in [-0.05, 0) is 76.7 Å². The van der Waals surface area contributed by atoms with Crippen LogP contribution >= 0.6 is 10.0 Å². The Bertz CT molecular complexity index is 1560. The van der Waals surface area contributed by atoms with Crippen LogP contribution in [0.1, 0.15) is 49.3 Å². The molecule has 9 nitrogen and oxygen atoms in total. The first-order valence-corrected chi connectivity index (χ1v) is 18.4. The van der Waals surface area contributed by atoms with Crippen molar-refractivity contribution in [3.8, 4) is 0 Å². The van der Waals surface area contributed by atoms with Crippen LogP contribution in [0.4, 0.5) is 0 Å². The van der Waals surface area contributed by atoms with E-state index in [0.717, 1.165) is 40.9 Å². The molecule has 1 amide bonds. The molecule has 0 saturated carbocycles. The first-order chi connectivity index (χ1) is 20.6. The lowest BCUT2D eigenvalue weighted by Crippen LogP contribution is -2.49. The molecule has 5 rings (SSSR count). The second-order valence-corrected chi connectivity index (χ2v) is 18.5. The second kappa shape index (κ2) is 12.6. The van der Waals surface area contributed by atoms with Gasteiger partial charge in [-0.25, -0.2) is 14.7 Å². The molecular formula is C33H47BN4O5S. The van der Waals surface area contributed by atoms with Gasteiger partial charge in [-0.15, -0.1) is 0 Å². The summed E-state index contributed by atoms with van der Waals surface area (Å²) in [5, 5.41) is 6.18. The van der Waals surface area contributed by atoms with Crippen LogP contribution in [-0.2, 0) is 27.2 Å². The van der Waals surface area contributed by atoms with E-state index < -0.39 is 28.3 Å². The number of likely N-dealkylation sites (N-methyl/N-ethyl adjacent to an activating group) is 1. The number of carbonyl (C=O) groups is 1. The minimum atomic E-state index is -0.701. The summed E-state index contributed by atoms with van der Waals surface area (Å²) < 4.78 is 20.1. The number of benzene rings is 2. The predicted octanol–water partition coefficient (Wildman–Crippen LogP) is 3.34. The zero-order chi connectivity index (χ0) is 31.9. The van der Waals surface area contributed by atoms with Crippen molar-refractivity contribution in [1.29, 1.82) is 0 Å². The zero-order valence-electron chi connectivity index (χ0n) is 27.5. The van der Waals surface area contributed by atoms with Crippen LogP contribution in [0, 0.1) is 0 Å². The van der Waals surface area contributed by atoms with Crippen LogP contribution in [0.3, 0.4) is 0 Å². The van der Waals surface area contributed by atoms with Gasteiger partial charge in [0.1, 0.15) is 6.73 Å². The van der Waals surface area contributed by atoms with Crippen molar-refractivity contribution in [3.63, 3.8) is 0 Å². The monoisotopic (exact) mass is 622 g/mol. The van der Waals surface area contributed by atoms with Crippen LogP contribution in [0.15, 0.2) is 47.3 Å². The summed E-state index contributed by atoms with van der Waals surface area (Å²) in [7, 11) is 0.715. The topological polar surface area (TPSA) is 86.1 Å². The molecule has 0 atom stereocenters. The smallest absolute Gasteiger partial charge is 0.399 e. The van der Waals surface area contributed by atoms with Crippen molar-refractivity contribution < 1.29 is 18.8 Å². The van der Waals surface area contributed by atoms with Gasteiger partial charge < -0.3 is 23.8 Å². The maximum atomic E-state index is 14.1. The summed E-state index contributed by atoms with van der Waals surface area (Å²) in [5.41, 5.74) is 1.75. The number of aromatic nitrogens is 2. The van der Waals surface area contributed by atoms with Gasteiger partial charge in [0.2, 0.25) is 0 Å². The number of amides is 1. The summed E-state index contributed by atoms with van der Waals surface area (Å²) in [6, 6.07) is 13.5. The maximum absolute atomic E-state index is 14.1. The lowest BCUT2D eigenvalue weighted by molar-refractivity contribution is 0.00578. The molecule has 0 aliphatic carbocycles. The van der Waals surface area contributed by atoms with Gasteiger partial charge in [-0.3, -0.25) is 9.59 Å². The van der Waals surface area contributed by atoms with Gasteiger partial charge in [0.05, 0.1) is 28.9 Å². The van der Waals surface area contributed by atoms with Crippen molar-refractivity contribution >= 4 is 39.3 Å². The molecule has 238 valence electrons. The normalized spacial score (nSPS) is 19.1. The van der Waals surface area contributed by atoms with Crippen molar-refractivity contribution in [2.75, 3.05) is 64.4 Å². The molecule has 2 aromatic carbocycles. The highest BCUT2D eigenvalue weighted by Gasteiger charge is 2.52. The van der Waals surface area contributed by atoms with E-state index in [1.54, 1.807) is 0 Å². The van der Waals surface area contributed by atoms with Gasteiger partial charge in [0.25, 0.3) is 11.5 Å². The van der Waals surface area contributed by atoms with E-state index in [0.29, 0.717) is 37.1 Å². The summed E-state index contributed by atoms with van der Waals surface area (Å²) >= 11 is 0. The number of rotatable bonds is 9. The third kappa shape index (κ3) is 7.07. The molecule has 2 aliphatic rings. The number of piperazine rings is 1. The first-order valence-electron chi connectivity index (χ1n) is 15.3.